The van der Waals surface area contributed by atoms with Crippen molar-refractivity contribution in [2.75, 3.05) is 25.0 Å². The number of aryl methyl sites for hydroxylation is 1. The zero-order valence-electron chi connectivity index (χ0n) is 13.0. The van der Waals surface area contributed by atoms with Crippen molar-refractivity contribution in [3.8, 4) is 0 Å². The van der Waals surface area contributed by atoms with Gasteiger partial charge in [0.1, 0.15) is 0 Å². The first-order valence-electron chi connectivity index (χ1n) is 7.85. The summed E-state index contributed by atoms with van der Waals surface area (Å²) < 4.78 is 1.20. The summed E-state index contributed by atoms with van der Waals surface area (Å²) in [5.41, 5.74) is 2.52. The number of likely N-dealkylation sites (tertiary alicyclic amines) is 1. The molecule has 1 saturated heterocycles. The van der Waals surface area contributed by atoms with E-state index in [0.29, 0.717) is 6.04 Å². The average Bonchev–Trinajstić information content (AvgIpc) is 2.44. The summed E-state index contributed by atoms with van der Waals surface area (Å²) in [4.78, 5) is 2.62. The molecule has 0 saturated carbocycles. The van der Waals surface area contributed by atoms with Gasteiger partial charge in [0.15, 0.2) is 0 Å². The molecule has 1 aliphatic heterocycles. The van der Waals surface area contributed by atoms with Crippen LogP contribution in [0, 0.1) is 12.8 Å². The number of halogens is 1. The Bertz CT molecular complexity index is 431. The number of hydrogen-bond acceptors (Lipinski definition) is 2. The topological polar surface area (TPSA) is 15.3 Å². The first-order chi connectivity index (χ1) is 9.61. The van der Waals surface area contributed by atoms with Gasteiger partial charge in [-0.15, -0.1) is 0 Å². The molecule has 1 aromatic rings. The normalized spacial score (nSPS) is 21.7. The Kier molecular flexibility index (Phi) is 5.91. The average molecular weight is 339 g/mol. The van der Waals surface area contributed by atoms with Gasteiger partial charge in [0, 0.05) is 22.7 Å². The van der Waals surface area contributed by atoms with Crippen molar-refractivity contribution in [1.82, 2.24) is 4.90 Å². The predicted molar refractivity (Wildman–Crippen MR) is 91.4 cm³/mol. The Hall–Kier alpha value is -0.540. The molecule has 0 radical (unpaired) electrons. The van der Waals surface area contributed by atoms with Crippen molar-refractivity contribution in [3.05, 3.63) is 28.2 Å². The Morgan fingerprint density at radius 3 is 3.00 bits per heavy atom. The second-order valence-corrected chi connectivity index (χ2v) is 6.87. The van der Waals surface area contributed by atoms with Crippen LogP contribution >= 0.6 is 15.9 Å². The molecule has 2 unspecified atom stereocenters. The Labute approximate surface area is 132 Å². The van der Waals surface area contributed by atoms with Crippen molar-refractivity contribution < 1.29 is 0 Å². The van der Waals surface area contributed by atoms with Crippen molar-refractivity contribution in [2.24, 2.45) is 5.92 Å². The minimum absolute atomic E-state index is 0.521. The van der Waals surface area contributed by atoms with Crippen LogP contribution in [0.1, 0.15) is 38.7 Å². The van der Waals surface area contributed by atoms with Gasteiger partial charge in [0.2, 0.25) is 0 Å². The lowest BCUT2D eigenvalue weighted by atomic mass is 9.91. The molecule has 0 aromatic heterocycles. The Balaban J connectivity index is 1.97. The number of hydrogen-bond donors (Lipinski definition) is 1. The quantitative estimate of drug-likeness (QED) is 0.838. The maximum absolute atomic E-state index is 3.71. The van der Waals surface area contributed by atoms with Gasteiger partial charge < -0.3 is 10.2 Å². The summed E-state index contributed by atoms with van der Waals surface area (Å²) in [6.07, 6.45) is 3.95. The number of anilines is 1. The maximum Gasteiger partial charge on any atom is 0.0489 e. The minimum atomic E-state index is 0.521. The standard InChI is InChI=1S/C17H27BrN2/c1-4-10-20-11-6-8-15(12-20)14(3)19-16-9-5-7-13(2)17(16)18/h5,7,9,14-15,19H,4,6,8,10-12H2,1-3H3. The van der Waals surface area contributed by atoms with Crippen molar-refractivity contribution >= 4 is 21.6 Å². The van der Waals surface area contributed by atoms with Gasteiger partial charge in [0.25, 0.3) is 0 Å². The highest BCUT2D eigenvalue weighted by Crippen LogP contribution is 2.29. The number of piperidine rings is 1. The summed E-state index contributed by atoms with van der Waals surface area (Å²) in [7, 11) is 0. The number of nitrogens with one attached hydrogen (secondary N) is 1. The fraction of sp³-hybridized carbons (Fsp3) is 0.647. The fourth-order valence-corrected chi connectivity index (χ4v) is 3.52. The van der Waals surface area contributed by atoms with Crippen LogP contribution in [0.5, 0.6) is 0 Å². The number of benzene rings is 1. The Morgan fingerprint density at radius 1 is 1.45 bits per heavy atom. The molecule has 0 spiro atoms. The lowest BCUT2D eigenvalue weighted by molar-refractivity contribution is 0.165. The van der Waals surface area contributed by atoms with Gasteiger partial charge >= 0.3 is 0 Å². The summed E-state index contributed by atoms with van der Waals surface area (Å²) in [5, 5.41) is 3.71. The van der Waals surface area contributed by atoms with Gasteiger partial charge in [-0.3, -0.25) is 0 Å². The molecule has 1 aromatic carbocycles. The lowest BCUT2D eigenvalue weighted by Crippen LogP contribution is -2.42. The van der Waals surface area contributed by atoms with E-state index in [4.69, 9.17) is 0 Å². The highest BCUT2D eigenvalue weighted by Gasteiger charge is 2.24. The second kappa shape index (κ2) is 7.46. The summed E-state index contributed by atoms with van der Waals surface area (Å²) in [5.74, 6) is 0.753. The molecule has 2 rings (SSSR count). The molecular weight excluding hydrogens is 312 g/mol. The molecule has 2 atom stereocenters. The summed E-state index contributed by atoms with van der Waals surface area (Å²) in [6, 6.07) is 6.95. The molecule has 112 valence electrons. The Morgan fingerprint density at radius 2 is 2.25 bits per heavy atom. The van der Waals surface area contributed by atoms with E-state index in [1.807, 2.05) is 0 Å². The van der Waals surface area contributed by atoms with Crippen LogP contribution in [0.2, 0.25) is 0 Å². The molecule has 1 N–H and O–H groups in total. The van der Waals surface area contributed by atoms with E-state index in [1.54, 1.807) is 0 Å². The van der Waals surface area contributed by atoms with Crippen LogP contribution in [0.15, 0.2) is 22.7 Å². The van der Waals surface area contributed by atoms with E-state index in [2.05, 4.69) is 65.1 Å². The van der Waals surface area contributed by atoms with E-state index < -0.39 is 0 Å². The largest absolute Gasteiger partial charge is 0.381 e. The zero-order chi connectivity index (χ0) is 14.5. The fourth-order valence-electron chi connectivity index (χ4n) is 3.14. The molecular formula is C17H27BrN2. The third-order valence-electron chi connectivity index (χ3n) is 4.36. The van der Waals surface area contributed by atoms with Crippen LogP contribution < -0.4 is 5.32 Å². The third kappa shape index (κ3) is 3.98. The van der Waals surface area contributed by atoms with E-state index >= 15 is 0 Å². The molecule has 0 amide bonds. The molecule has 2 nitrogen and oxygen atoms in total. The summed E-state index contributed by atoms with van der Waals surface area (Å²) in [6.45, 7) is 10.5. The maximum atomic E-state index is 3.71. The van der Waals surface area contributed by atoms with Gasteiger partial charge in [-0.25, -0.2) is 0 Å². The molecule has 1 aliphatic rings. The summed E-state index contributed by atoms with van der Waals surface area (Å²) >= 11 is 3.70. The molecule has 0 aliphatic carbocycles. The molecule has 1 fully saturated rings. The van der Waals surface area contributed by atoms with Crippen LogP contribution in [0.4, 0.5) is 5.69 Å². The number of nitrogens with zero attached hydrogens (tertiary/aromatic N) is 1. The van der Waals surface area contributed by atoms with E-state index in [9.17, 15) is 0 Å². The van der Waals surface area contributed by atoms with E-state index in [1.165, 1.54) is 54.6 Å². The van der Waals surface area contributed by atoms with E-state index in [-0.39, 0.29) is 0 Å². The van der Waals surface area contributed by atoms with Crippen LogP contribution in [-0.2, 0) is 0 Å². The zero-order valence-corrected chi connectivity index (χ0v) is 14.5. The van der Waals surface area contributed by atoms with Crippen LogP contribution in [0.25, 0.3) is 0 Å². The minimum Gasteiger partial charge on any atom is -0.381 e. The molecule has 20 heavy (non-hydrogen) atoms. The lowest BCUT2D eigenvalue weighted by Gasteiger charge is -2.36. The highest BCUT2D eigenvalue weighted by atomic mass is 79.9. The molecule has 0 bridgehead atoms. The number of rotatable bonds is 5. The monoisotopic (exact) mass is 338 g/mol. The second-order valence-electron chi connectivity index (χ2n) is 6.07. The molecule has 3 heteroatoms. The van der Waals surface area contributed by atoms with Crippen molar-refractivity contribution in [3.63, 3.8) is 0 Å². The van der Waals surface area contributed by atoms with Gasteiger partial charge in [-0.05, 0) is 79.7 Å². The highest BCUT2D eigenvalue weighted by molar-refractivity contribution is 9.10. The van der Waals surface area contributed by atoms with Crippen molar-refractivity contribution in [2.45, 2.75) is 46.1 Å². The molecule has 1 heterocycles. The third-order valence-corrected chi connectivity index (χ3v) is 5.42. The van der Waals surface area contributed by atoms with Gasteiger partial charge in [-0.1, -0.05) is 19.1 Å². The van der Waals surface area contributed by atoms with E-state index in [0.717, 1.165) is 5.92 Å². The SMILES string of the molecule is CCCN1CCCC(C(C)Nc2cccc(C)c2Br)C1. The van der Waals surface area contributed by atoms with Crippen LogP contribution in [-0.4, -0.2) is 30.6 Å². The first kappa shape index (κ1) is 15.8. The van der Waals surface area contributed by atoms with Crippen LogP contribution in [0.3, 0.4) is 0 Å². The van der Waals surface area contributed by atoms with Gasteiger partial charge in [0.05, 0.1) is 0 Å². The van der Waals surface area contributed by atoms with Gasteiger partial charge in [-0.2, -0.15) is 0 Å². The predicted octanol–water partition coefficient (Wildman–Crippen LogP) is 4.68. The smallest absolute Gasteiger partial charge is 0.0489 e. The first-order valence-corrected chi connectivity index (χ1v) is 8.65. The van der Waals surface area contributed by atoms with Crippen molar-refractivity contribution in [1.29, 1.82) is 0 Å².